The highest BCUT2D eigenvalue weighted by molar-refractivity contribution is 5.96. The number of anilines is 1. The molecule has 3 rings (SSSR count). The van der Waals surface area contributed by atoms with Gasteiger partial charge in [0.15, 0.2) is 0 Å². The van der Waals surface area contributed by atoms with Crippen molar-refractivity contribution in [1.82, 2.24) is 5.32 Å². The Hall–Kier alpha value is -2.98. The first-order valence-electron chi connectivity index (χ1n) is 8.94. The molecule has 0 aliphatic carbocycles. The minimum Gasteiger partial charge on any atom is -0.324 e. The molecule has 0 aromatic heterocycles. The molecular formula is C23H23FN2O. The topological polar surface area (TPSA) is 41.1 Å². The average molecular weight is 362 g/mol. The van der Waals surface area contributed by atoms with Crippen molar-refractivity contribution in [2.45, 2.75) is 26.4 Å². The van der Waals surface area contributed by atoms with E-state index in [9.17, 15) is 9.18 Å². The van der Waals surface area contributed by atoms with Gasteiger partial charge in [-0.2, -0.15) is 0 Å². The number of carbonyl (C=O) groups excluding carboxylic acids is 1. The van der Waals surface area contributed by atoms with Crippen molar-refractivity contribution < 1.29 is 9.18 Å². The van der Waals surface area contributed by atoms with Gasteiger partial charge < -0.3 is 5.32 Å². The van der Waals surface area contributed by atoms with Crippen LogP contribution in [0.4, 0.5) is 10.1 Å². The highest BCUT2D eigenvalue weighted by Crippen LogP contribution is 2.20. The fourth-order valence-corrected chi connectivity index (χ4v) is 2.90. The Labute approximate surface area is 159 Å². The van der Waals surface area contributed by atoms with Crippen LogP contribution >= 0.6 is 0 Å². The van der Waals surface area contributed by atoms with E-state index in [1.165, 1.54) is 12.1 Å². The zero-order chi connectivity index (χ0) is 19.2. The maximum absolute atomic E-state index is 13.1. The first-order valence-corrected chi connectivity index (χ1v) is 8.94. The van der Waals surface area contributed by atoms with E-state index in [1.807, 2.05) is 62.4 Å². The predicted octanol–water partition coefficient (Wildman–Crippen LogP) is 4.91. The van der Waals surface area contributed by atoms with Crippen LogP contribution in [0.2, 0.25) is 0 Å². The van der Waals surface area contributed by atoms with E-state index in [-0.39, 0.29) is 11.7 Å². The normalized spacial score (nSPS) is 11.8. The lowest BCUT2D eigenvalue weighted by Gasteiger charge is -2.20. The zero-order valence-electron chi connectivity index (χ0n) is 15.5. The van der Waals surface area contributed by atoms with Crippen molar-refractivity contribution in [2.75, 3.05) is 5.32 Å². The van der Waals surface area contributed by atoms with Gasteiger partial charge >= 0.3 is 0 Å². The van der Waals surface area contributed by atoms with Gasteiger partial charge in [0.05, 0.1) is 0 Å². The van der Waals surface area contributed by atoms with E-state index < -0.39 is 6.04 Å². The standard InChI is InChI=1S/C23H23FN2O/c1-16-8-9-17(2)21(14-16)26-23(27)22(19-6-4-3-5-7-19)25-15-18-10-12-20(24)13-11-18/h3-14,22,25H,15H2,1-2H3,(H,26,27)/t22-/m0/s1. The van der Waals surface area contributed by atoms with Crippen LogP contribution in [0.3, 0.4) is 0 Å². The van der Waals surface area contributed by atoms with Crippen molar-refractivity contribution in [3.05, 3.63) is 101 Å². The van der Waals surface area contributed by atoms with Crippen LogP contribution in [0.25, 0.3) is 0 Å². The van der Waals surface area contributed by atoms with Gasteiger partial charge in [-0.3, -0.25) is 10.1 Å². The van der Waals surface area contributed by atoms with Gasteiger partial charge in [0.2, 0.25) is 5.91 Å². The fourth-order valence-electron chi connectivity index (χ4n) is 2.90. The number of halogens is 1. The van der Waals surface area contributed by atoms with E-state index in [0.29, 0.717) is 6.54 Å². The number of hydrogen-bond donors (Lipinski definition) is 2. The second-order valence-corrected chi connectivity index (χ2v) is 6.66. The van der Waals surface area contributed by atoms with Crippen LogP contribution in [0.5, 0.6) is 0 Å². The summed E-state index contributed by atoms with van der Waals surface area (Å²) in [4.78, 5) is 13.0. The Balaban J connectivity index is 1.80. The highest BCUT2D eigenvalue weighted by atomic mass is 19.1. The van der Waals surface area contributed by atoms with E-state index in [1.54, 1.807) is 12.1 Å². The summed E-state index contributed by atoms with van der Waals surface area (Å²) >= 11 is 0. The van der Waals surface area contributed by atoms with Gasteiger partial charge in [0.1, 0.15) is 11.9 Å². The predicted molar refractivity (Wildman–Crippen MR) is 107 cm³/mol. The maximum Gasteiger partial charge on any atom is 0.246 e. The molecular weight excluding hydrogens is 339 g/mol. The average Bonchev–Trinajstić information content (AvgIpc) is 2.67. The fraction of sp³-hybridized carbons (Fsp3) is 0.174. The van der Waals surface area contributed by atoms with Crippen LogP contribution in [0.15, 0.2) is 72.8 Å². The number of hydrogen-bond acceptors (Lipinski definition) is 2. The summed E-state index contributed by atoms with van der Waals surface area (Å²) < 4.78 is 13.1. The van der Waals surface area contributed by atoms with Crippen molar-refractivity contribution in [1.29, 1.82) is 0 Å². The smallest absolute Gasteiger partial charge is 0.246 e. The summed E-state index contributed by atoms with van der Waals surface area (Å²) in [6.07, 6.45) is 0. The summed E-state index contributed by atoms with van der Waals surface area (Å²) in [5.74, 6) is -0.400. The number of amides is 1. The summed E-state index contributed by atoms with van der Waals surface area (Å²) in [7, 11) is 0. The Morgan fingerprint density at radius 1 is 0.963 bits per heavy atom. The quantitative estimate of drug-likeness (QED) is 0.654. The van der Waals surface area contributed by atoms with E-state index >= 15 is 0 Å². The summed E-state index contributed by atoms with van der Waals surface area (Å²) in [6.45, 7) is 4.43. The Bertz CT molecular complexity index is 907. The third-order valence-electron chi connectivity index (χ3n) is 4.47. The molecule has 138 valence electrons. The van der Waals surface area contributed by atoms with E-state index in [2.05, 4.69) is 10.6 Å². The molecule has 3 nitrogen and oxygen atoms in total. The molecule has 2 N–H and O–H groups in total. The molecule has 0 unspecified atom stereocenters. The molecule has 0 radical (unpaired) electrons. The molecule has 0 saturated heterocycles. The van der Waals surface area contributed by atoms with Crippen molar-refractivity contribution in [3.8, 4) is 0 Å². The summed E-state index contributed by atoms with van der Waals surface area (Å²) in [5.41, 5.74) is 4.70. The molecule has 0 bridgehead atoms. The van der Waals surface area contributed by atoms with Crippen LogP contribution in [0, 0.1) is 19.7 Å². The first kappa shape index (κ1) is 18.8. The molecule has 4 heteroatoms. The first-order chi connectivity index (χ1) is 13.0. The number of carbonyl (C=O) groups is 1. The zero-order valence-corrected chi connectivity index (χ0v) is 15.5. The van der Waals surface area contributed by atoms with Crippen LogP contribution in [-0.2, 0) is 11.3 Å². The van der Waals surface area contributed by atoms with Crippen LogP contribution < -0.4 is 10.6 Å². The van der Waals surface area contributed by atoms with Gasteiger partial charge in [0, 0.05) is 12.2 Å². The molecule has 3 aromatic rings. The van der Waals surface area contributed by atoms with Crippen LogP contribution in [0.1, 0.15) is 28.3 Å². The lowest BCUT2D eigenvalue weighted by molar-refractivity contribution is -0.118. The molecule has 0 aliphatic rings. The Kier molecular flexibility index (Phi) is 5.99. The lowest BCUT2D eigenvalue weighted by atomic mass is 10.0. The Morgan fingerprint density at radius 3 is 2.37 bits per heavy atom. The number of benzene rings is 3. The Morgan fingerprint density at radius 2 is 1.67 bits per heavy atom. The van der Waals surface area contributed by atoms with Crippen molar-refractivity contribution >= 4 is 11.6 Å². The molecule has 3 aromatic carbocycles. The SMILES string of the molecule is Cc1ccc(C)c(NC(=O)[C@@H](NCc2ccc(F)cc2)c2ccccc2)c1. The van der Waals surface area contributed by atoms with Crippen molar-refractivity contribution in [2.24, 2.45) is 0 Å². The maximum atomic E-state index is 13.1. The largest absolute Gasteiger partial charge is 0.324 e. The van der Waals surface area contributed by atoms with Gasteiger partial charge in [-0.1, -0.05) is 54.6 Å². The molecule has 0 saturated carbocycles. The molecule has 1 atom stereocenters. The monoisotopic (exact) mass is 362 g/mol. The lowest BCUT2D eigenvalue weighted by Crippen LogP contribution is -2.33. The molecule has 0 spiro atoms. The molecule has 1 amide bonds. The van der Waals surface area contributed by atoms with Gasteiger partial charge in [-0.05, 0) is 54.3 Å². The summed E-state index contributed by atoms with van der Waals surface area (Å²) in [6, 6.07) is 21.3. The minimum absolute atomic E-state index is 0.128. The van der Waals surface area contributed by atoms with Crippen molar-refractivity contribution in [3.63, 3.8) is 0 Å². The molecule has 0 fully saturated rings. The number of aryl methyl sites for hydroxylation is 2. The second kappa shape index (κ2) is 8.60. The molecule has 0 heterocycles. The van der Waals surface area contributed by atoms with Crippen LogP contribution in [-0.4, -0.2) is 5.91 Å². The summed E-state index contributed by atoms with van der Waals surface area (Å²) in [5, 5.41) is 6.32. The van der Waals surface area contributed by atoms with Gasteiger partial charge in [-0.15, -0.1) is 0 Å². The van der Waals surface area contributed by atoms with Gasteiger partial charge in [-0.25, -0.2) is 4.39 Å². The van der Waals surface area contributed by atoms with Gasteiger partial charge in [0.25, 0.3) is 0 Å². The molecule has 0 aliphatic heterocycles. The van der Waals surface area contributed by atoms with E-state index in [4.69, 9.17) is 0 Å². The second-order valence-electron chi connectivity index (χ2n) is 6.66. The van der Waals surface area contributed by atoms with E-state index in [0.717, 1.165) is 27.9 Å². The minimum atomic E-state index is -0.517. The molecule has 27 heavy (non-hydrogen) atoms. The highest BCUT2D eigenvalue weighted by Gasteiger charge is 2.20. The third-order valence-corrected chi connectivity index (χ3v) is 4.47. The number of nitrogens with one attached hydrogen (secondary N) is 2. The number of rotatable bonds is 6. The third kappa shape index (κ3) is 5.02.